The van der Waals surface area contributed by atoms with E-state index in [2.05, 4.69) is 4.98 Å². The van der Waals surface area contributed by atoms with Gasteiger partial charge < -0.3 is 0 Å². The van der Waals surface area contributed by atoms with Crippen molar-refractivity contribution in [3.05, 3.63) is 76.4 Å². The van der Waals surface area contributed by atoms with Crippen LogP contribution in [0.2, 0.25) is 5.02 Å². The molecule has 1 heterocycles. The van der Waals surface area contributed by atoms with Gasteiger partial charge in [0.15, 0.2) is 5.78 Å². The molecule has 0 spiro atoms. The molecule has 2 aromatic carbocycles. The largest absolute Gasteiger partial charge is 0.294 e. The molecule has 0 radical (unpaired) electrons. The Labute approximate surface area is 128 Å². The lowest BCUT2D eigenvalue weighted by atomic mass is 10.0. The van der Waals surface area contributed by atoms with Crippen molar-refractivity contribution in [2.45, 2.75) is 13.3 Å². The highest BCUT2D eigenvalue weighted by Gasteiger charge is 2.10. The number of hydrogen-bond acceptors (Lipinski definition) is 2. The van der Waals surface area contributed by atoms with Crippen LogP contribution in [0.1, 0.15) is 21.6 Å². The SMILES string of the molecule is Cc1cc(C(=O)Cc2ccc3ccccc3n2)ccc1Cl. The molecule has 2 nitrogen and oxygen atoms in total. The number of pyridine rings is 1. The van der Waals surface area contributed by atoms with Gasteiger partial charge in [0.05, 0.1) is 11.9 Å². The third kappa shape index (κ3) is 2.96. The number of benzene rings is 2. The third-order valence-electron chi connectivity index (χ3n) is 3.48. The minimum Gasteiger partial charge on any atom is -0.294 e. The molecule has 0 aliphatic rings. The van der Waals surface area contributed by atoms with Crippen molar-refractivity contribution in [2.75, 3.05) is 0 Å². The van der Waals surface area contributed by atoms with Gasteiger partial charge in [0.25, 0.3) is 0 Å². The molecule has 0 atom stereocenters. The summed E-state index contributed by atoms with van der Waals surface area (Å²) >= 11 is 5.99. The summed E-state index contributed by atoms with van der Waals surface area (Å²) in [5, 5.41) is 1.76. The summed E-state index contributed by atoms with van der Waals surface area (Å²) in [5.41, 5.74) is 3.28. The Morgan fingerprint density at radius 3 is 2.71 bits per heavy atom. The molecule has 0 aliphatic heterocycles. The molecular weight excluding hydrogens is 282 g/mol. The Kier molecular flexibility index (Phi) is 3.72. The zero-order chi connectivity index (χ0) is 14.8. The van der Waals surface area contributed by atoms with Crippen molar-refractivity contribution in [3.8, 4) is 0 Å². The van der Waals surface area contributed by atoms with Gasteiger partial charge in [-0.05, 0) is 42.8 Å². The zero-order valence-corrected chi connectivity index (χ0v) is 12.4. The van der Waals surface area contributed by atoms with Gasteiger partial charge in [-0.25, -0.2) is 0 Å². The molecule has 0 bridgehead atoms. The second-order valence-electron chi connectivity index (χ2n) is 5.06. The van der Waals surface area contributed by atoms with Gasteiger partial charge in [-0.2, -0.15) is 0 Å². The monoisotopic (exact) mass is 295 g/mol. The highest BCUT2D eigenvalue weighted by Crippen LogP contribution is 2.18. The number of aryl methyl sites for hydroxylation is 1. The molecule has 0 amide bonds. The number of fused-ring (bicyclic) bond motifs is 1. The molecular formula is C18H14ClNO. The molecule has 0 unspecified atom stereocenters. The van der Waals surface area contributed by atoms with Crippen molar-refractivity contribution in [1.29, 1.82) is 0 Å². The first-order chi connectivity index (χ1) is 10.1. The van der Waals surface area contributed by atoms with Crippen LogP contribution in [0.3, 0.4) is 0 Å². The molecule has 0 aliphatic carbocycles. The van der Waals surface area contributed by atoms with Gasteiger partial charge in [0.2, 0.25) is 0 Å². The summed E-state index contributed by atoms with van der Waals surface area (Å²) < 4.78 is 0. The van der Waals surface area contributed by atoms with E-state index in [0.29, 0.717) is 17.0 Å². The number of nitrogens with zero attached hydrogens (tertiary/aromatic N) is 1. The molecule has 1 aromatic heterocycles. The highest BCUT2D eigenvalue weighted by atomic mass is 35.5. The molecule has 0 saturated carbocycles. The normalized spacial score (nSPS) is 10.8. The van der Waals surface area contributed by atoms with E-state index >= 15 is 0 Å². The predicted octanol–water partition coefficient (Wildman–Crippen LogP) is 4.62. The van der Waals surface area contributed by atoms with E-state index in [-0.39, 0.29) is 5.78 Å². The number of carbonyl (C=O) groups is 1. The Bertz CT molecular complexity index is 826. The third-order valence-corrected chi connectivity index (χ3v) is 3.90. The van der Waals surface area contributed by atoms with Crippen molar-refractivity contribution in [1.82, 2.24) is 4.98 Å². The number of aromatic nitrogens is 1. The first kappa shape index (κ1) is 13.8. The first-order valence-corrected chi connectivity index (χ1v) is 7.15. The standard InChI is InChI=1S/C18H14ClNO/c1-12-10-14(7-9-16(12)19)18(21)11-15-8-6-13-4-2-3-5-17(13)20-15/h2-10H,11H2,1H3. The zero-order valence-electron chi connectivity index (χ0n) is 11.6. The maximum absolute atomic E-state index is 12.3. The minimum absolute atomic E-state index is 0.0533. The van der Waals surface area contributed by atoms with Crippen LogP contribution in [0.4, 0.5) is 0 Å². The van der Waals surface area contributed by atoms with Crippen LogP contribution in [-0.2, 0) is 6.42 Å². The van der Waals surface area contributed by atoms with E-state index in [1.165, 1.54) is 0 Å². The molecule has 0 N–H and O–H groups in total. The van der Waals surface area contributed by atoms with Crippen molar-refractivity contribution in [2.24, 2.45) is 0 Å². The number of rotatable bonds is 3. The molecule has 3 heteroatoms. The van der Waals surface area contributed by atoms with E-state index in [1.807, 2.05) is 49.4 Å². The maximum Gasteiger partial charge on any atom is 0.168 e. The molecule has 0 saturated heterocycles. The lowest BCUT2D eigenvalue weighted by molar-refractivity contribution is 0.0992. The number of ketones is 1. The number of carbonyl (C=O) groups excluding carboxylic acids is 1. The van der Waals surface area contributed by atoms with Crippen LogP contribution in [-0.4, -0.2) is 10.8 Å². The second kappa shape index (κ2) is 5.66. The summed E-state index contributed by atoms with van der Waals surface area (Å²) in [6, 6.07) is 17.1. The summed E-state index contributed by atoms with van der Waals surface area (Å²) in [4.78, 5) is 16.9. The quantitative estimate of drug-likeness (QED) is 0.660. The number of Topliss-reactive ketones (excluding diaryl/α,β-unsaturated/α-hetero) is 1. The van der Waals surface area contributed by atoms with Crippen LogP contribution in [0.15, 0.2) is 54.6 Å². The van der Waals surface area contributed by atoms with Gasteiger partial charge in [0.1, 0.15) is 0 Å². The molecule has 0 fully saturated rings. The fraction of sp³-hybridized carbons (Fsp3) is 0.111. The average molecular weight is 296 g/mol. The molecule has 104 valence electrons. The van der Waals surface area contributed by atoms with E-state index < -0.39 is 0 Å². The van der Waals surface area contributed by atoms with Gasteiger partial charge in [-0.1, -0.05) is 35.9 Å². The van der Waals surface area contributed by atoms with Crippen LogP contribution in [0.25, 0.3) is 10.9 Å². The lowest BCUT2D eigenvalue weighted by Gasteiger charge is -2.05. The molecule has 3 aromatic rings. The van der Waals surface area contributed by atoms with Gasteiger partial charge >= 0.3 is 0 Å². The van der Waals surface area contributed by atoms with Crippen molar-refractivity contribution in [3.63, 3.8) is 0 Å². The first-order valence-electron chi connectivity index (χ1n) is 6.77. The Morgan fingerprint density at radius 2 is 1.90 bits per heavy atom. The molecule has 3 rings (SSSR count). The van der Waals surface area contributed by atoms with Crippen molar-refractivity contribution < 1.29 is 4.79 Å². The Balaban J connectivity index is 1.87. The van der Waals surface area contributed by atoms with Crippen LogP contribution in [0, 0.1) is 6.92 Å². The minimum atomic E-state index is 0.0533. The van der Waals surface area contributed by atoms with Crippen LogP contribution in [0.5, 0.6) is 0 Å². The predicted molar refractivity (Wildman–Crippen MR) is 86.0 cm³/mol. The summed E-state index contributed by atoms with van der Waals surface area (Å²) in [7, 11) is 0. The smallest absolute Gasteiger partial charge is 0.168 e. The van der Waals surface area contributed by atoms with Crippen LogP contribution < -0.4 is 0 Å². The van der Waals surface area contributed by atoms with Gasteiger partial charge in [-0.3, -0.25) is 9.78 Å². The topological polar surface area (TPSA) is 30.0 Å². The van der Waals surface area contributed by atoms with Gasteiger partial charge in [-0.15, -0.1) is 0 Å². The fourth-order valence-electron chi connectivity index (χ4n) is 2.29. The number of halogens is 1. The highest BCUT2D eigenvalue weighted by molar-refractivity contribution is 6.31. The number of hydrogen-bond donors (Lipinski definition) is 0. The van der Waals surface area contributed by atoms with E-state index in [1.54, 1.807) is 12.1 Å². The van der Waals surface area contributed by atoms with Gasteiger partial charge in [0, 0.05) is 21.7 Å². The summed E-state index contributed by atoms with van der Waals surface area (Å²) in [6.45, 7) is 1.90. The average Bonchev–Trinajstić information content (AvgIpc) is 2.50. The van der Waals surface area contributed by atoms with E-state index in [0.717, 1.165) is 22.2 Å². The number of para-hydroxylation sites is 1. The van der Waals surface area contributed by atoms with Crippen LogP contribution >= 0.6 is 11.6 Å². The summed E-state index contributed by atoms with van der Waals surface area (Å²) in [6.07, 6.45) is 0.298. The van der Waals surface area contributed by atoms with E-state index in [4.69, 9.17) is 11.6 Å². The Hall–Kier alpha value is -2.19. The lowest BCUT2D eigenvalue weighted by Crippen LogP contribution is -2.05. The maximum atomic E-state index is 12.3. The van der Waals surface area contributed by atoms with E-state index in [9.17, 15) is 4.79 Å². The Morgan fingerprint density at radius 1 is 1.10 bits per heavy atom. The fourth-order valence-corrected chi connectivity index (χ4v) is 2.41. The van der Waals surface area contributed by atoms with Crippen molar-refractivity contribution >= 4 is 28.3 Å². The molecule has 21 heavy (non-hydrogen) atoms. The second-order valence-corrected chi connectivity index (χ2v) is 5.47. The summed E-state index contributed by atoms with van der Waals surface area (Å²) in [5.74, 6) is 0.0533.